The lowest BCUT2D eigenvalue weighted by atomic mass is 10.1. The van der Waals surface area contributed by atoms with Crippen molar-refractivity contribution in [3.8, 4) is 0 Å². The van der Waals surface area contributed by atoms with Crippen LogP contribution < -0.4 is 5.56 Å². The summed E-state index contributed by atoms with van der Waals surface area (Å²) >= 11 is 6.19. The van der Waals surface area contributed by atoms with Crippen molar-refractivity contribution in [3.05, 3.63) is 49.7 Å². The monoisotopic (exact) mass is 309 g/mol. The van der Waals surface area contributed by atoms with Crippen LogP contribution in [0.15, 0.2) is 10.9 Å². The second-order valence-corrected chi connectivity index (χ2v) is 5.39. The molecule has 2 rings (SSSR count). The van der Waals surface area contributed by atoms with E-state index in [4.69, 9.17) is 11.6 Å². The molecule has 0 aromatic carbocycles. The van der Waals surface area contributed by atoms with Crippen LogP contribution in [0.25, 0.3) is 0 Å². The Labute approximate surface area is 126 Å². The van der Waals surface area contributed by atoms with Gasteiger partial charge in [-0.25, -0.2) is 4.79 Å². The summed E-state index contributed by atoms with van der Waals surface area (Å²) in [4.78, 5) is 23.6. The predicted molar refractivity (Wildman–Crippen MR) is 79.2 cm³/mol. The van der Waals surface area contributed by atoms with E-state index in [9.17, 15) is 14.7 Å². The van der Waals surface area contributed by atoms with E-state index in [-0.39, 0.29) is 12.1 Å². The highest BCUT2D eigenvalue weighted by atomic mass is 35.5. The third kappa shape index (κ3) is 2.58. The van der Waals surface area contributed by atoms with Gasteiger partial charge in [-0.1, -0.05) is 11.6 Å². The lowest BCUT2D eigenvalue weighted by molar-refractivity contribution is 0.0693. The van der Waals surface area contributed by atoms with Gasteiger partial charge >= 0.3 is 5.97 Å². The smallest absolute Gasteiger partial charge is 0.341 e. The van der Waals surface area contributed by atoms with Crippen molar-refractivity contribution in [1.82, 2.24) is 14.3 Å². The zero-order chi connectivity index (χ0) is 15.9. The summed E-state index contributed by atoms with van der Waals surface area (Å²) in [6, 6.07) is 1.68. The molecule has 0 atom stereocenters. The minimum Gasteiger partial charge on any atom is -0.477 e. The molecule has 1 N–H and O–H groups in total. The van der Waals surface area contributed by atoms with Gasteiger partial charge in [0.1, 0.15) is 5.56 Å². The van der Waals surface area contributed by atoms with Gasteiger partial charge in [-0.05, 0) is 32.4 Å². The number of hydrogen-bond donors (Lipinski definition) is 1. The number of hydrogen-bond acceptors (Lipinski definition) is 3. The summed E-state index contributed by atoms with van der Waals surface area (Å²) in [5, 5.41) is 13.9. The van der Waals surface area contributed by atoms with Gasteiger partial charge in [0.25, 0.3) is 5.56 Å². The van der Waals surface area contributed by atoms with Crippen LogP contribution >= 0.6 is 11.6 Å². The molecular weight excluding hydrogens is 294 g/mol. The van der Waals surface area contributed by atoms with Gasteiger partial charge in [0.05, 0.1) is 23.0 Å². The van der Waals surface area contributed by atoms with E-state index in [1.165, 1.54) is 4.57 Å². The molecule has 2 aromatic rings. The molecule has 0 spiro atoms. The standard InChI is InChI=1S/C14H16ClN3O3/c1-7-5-8(2)18(13(19)11(7)14(20)21)6-10-12(15)9(3)16-17(10)4/h5H,6H2,1-4H3,(H,20,21). The summed E-state index contributed by atoms with van der Waals surface area (Å²) in [6.07, 6.45) is 0. The Balaban J connectivity index is 2.63. The molecule has 0 bridgehead atoms. The summed E-state index contributed by atoms with van der Waals surface area (Å²) in [6.45, 7) is 5.33. The van der Waals surface area contributed by atoms with Crippen molar-refractivity contribution in [2.75, 3.05) is 0 Å². The Hall–Kier alpha value is -2.08. The largest absolute Gasteiger partial charge is 0.477 e. The zero-order valence-corrected chi connectivity index (χ0v) is 13.0. The number of carboxylic acid groups (broad SMARTS) is 1. The van der Waals surface area contributed by atoms with Gasteiger partial charge in [-0.2, -0.15) is 5.10 Å². The van der Waals surface area contributed by atoms with E-state index >= 15 is 0 Å². The maximum atomic E-state index is 12.4. The molecule has 2 aromatic heterocycles. The molecule has 2 heterocycles. The molecule has 21 heavy (non-hydrogen) atoms. The molecule has 0 aliphatic rings. The second-order valence-electron chi connectivity index (χ2n) is 5.01. The topological polar surface area (TPSA) is 77.1 Å². The first-order chi connectivity index (χ1) is 9.73. The van der Waals surface area contributed by atoms with Crippen molar-refractivity contribution < 1.29 is 9.90 Å². The van der Waals surface area contributed by atoms with E-state index in [0.29, 0.717) is 27.7 Å². The number of halogens is 1. The lowest BCUT2D eigenvalue weighted by Gasteiger charge is -2.13. The predicted octanol–water partition coefficient (Wildman–Crippen LogP) is 1.91. The van der Waals surface area contributed by atoms with Crippen molar-refractivity contribution in [3.63, 3.8) is 0 Å². The van der Waals surface area contributed by atoms with Gasteiger partial charge in [-0.3, -0.25) is 9.48 Å². The number of carbonyl (C=O) groups is 1. The number of rotatable bonds is 3. The molecule has 0 amide bonds. The molecule has 6 nitrogen and oxygen atoms in total. The maximum absolute atomic E-state index is 12.4. The minimum atomic E-state index is -1.22. The number of carboxylic acids is 1. The number of aryl methyl sites for hydroxylation is 4. The normalized spacial score (nSPS) is 10.9. The average Bonchev–Trinajstić information content (AvgIpc) is 2.59. The van der Waals surface area contributed by atoms with E-state index in [1.54, 1.807) is 38.6 Å². The van der Waals surface area contributed by atoms with Gasteiger partial charge in [0.2, 0.25) is 0 Å². The van der Waals surface area contributed by atoms with Crippen LogP contribution in [-0.2, 0) is 13.6 Å². The molecule has 7 heteroatoms. The van der Waals surface area contributed by atoms with Gasteiger partial charge in [0.15, 0.2) is 0 Å². The summed E-state index contributed by atoms with van der Waals surface area (Å²) in [5.74, 6) is -1.22. The molecular formula is C14H16ClN3O3. The van der Waals surface area contributed by atoms with Crippen LogP contribution in [0.1, 0.15) is 33.0 Å². The number of pyridine rings is 1. The summed E-state index contributed by atoms with van der Waals surface area (Å²) < 4.78 is 3.00. The van der Waals surface area contributed by atoms with Crippen molar-refractivity contribution >= 4 is 17.6 Å². The maximum Gasteiger partial charge on any atom is 0.341 e. The molecule has 0 aliphatic carbocycles. The SMILES string of the molecule is Cc1cc(C)n(Cc2c(Cl)c(C)nn2C)c(=O)c1C(=O)O. The average molecular weight is 310 g/mol. The van der Waals surface area contributed by atoms with E-state index in [2.05, 4.69) is 5.10 Å². The molecule has 0 saturated heterocycles. The third-order valence-corrected chi connectivity index (χ3v) is 3.98. The molecule has 112 valence electrons. The fourth-order valence-electron chi connectivity index (χ4n) is 2.39. The van der Waals surface area contributed by atoms with E-state index in [0.717, 1.165) is 0 Å². The first kappa shape index (κ1) is 15.3. The fraction of sp³-hybridized carbons (Fsp3) is 0.357. The summed E-state index contributed by atoms with van der Waals surface area (Å²) in [5.41, 5.74) is 1.72. The Morgan fingerprint density at radius 3 is 2.48 bits per heavy atom. The minimum absolute atomic E-state index is 0.182. The molecule has 0 fully saturated rings. The molecule has 0 aliphatic heterocycles. The molecule has 0 unspecified atom stereocenters. The highest BCUT2D eigenvalue weighted by molar-refractivity contribution is 6.31. The van der Waals surface area contributed by atoms with Crippen molar-refractivity contribution in [2.45, 2.75) is 27.3 Å². The Morgan fingerprint density at radius 2 is 2.00 bits per heavy atom. The Bertz CT molecular complexity index is 790. The number of nitrogens with zero attached hydrogens (tertiary/aromatic N) is 3. The molecule has 0 radical (unpaired) electrons. The number of aromatic carboxylic acids is 1. The highest BCUT2D eigenvalue weighted by Crippen LogP contribution is 2.20. The van der Waals surface area contributed by atoms with Crippen LogP contribution in [0, 0.1) is 20.8 Å². The molecule has 0 saturated carbocycles. The highest BCUT2D eigenvalue weighted by Gasteiger charge is 2.19. The van der Waals surface area contributed by atoms with E-state index in [1.807, 2.05) is 0 Å². The van der Waals surface area contributed by atoms with Crippen LogP contribution in [-0.4, -0.2) is 25.4 Å². The van der Waals surface area contributed by atoms with Gasteiger partial charge < -0.3 is 9.67 Å². The van der Waals surface area contributed by atoms with Crippen LogP contribution in [0.2, 0.25) is 5.02 Å². The lowest BCUT2D eigenvalue weighted by Crippen LogP contribution is -2.30. The summed E-state index contributed by atoms with van der Waals surface area (Å²) in [7, 11) is 1.74. The van der Waals surface area contributed by atoms with Gasteiger partial charge in [0, 0.05) is 12.7 Å². The Kier molecular flexibility index (Phi) is 3.91. The Morgan fingerprint density at radius 1 is 1.38 bits per heavy atom. The van der Waals surface area contributed by atoms with E-state index < -0.39 is 11.5 Å². The van der Waals surface area contributed by atoms with Crippen LogP contribution in [0.3, 0.4) is 0 Å². The first-order valence-electron chi connectivity index (χ1n) is 6.36. The third-order valence-electron chi connectivity index (χ3n) is 3.49. The van der Waals surface area contributed by atoms with Crippen LogP contribution in [0.5, 0.6) is 0 Å². The second kappa shape index (κ2) is 5.37. The quantitative estimate of drug-likeness (QED) is 0.939. The number of aromatic nitrogens is 3. The van der Waals surface area contributed by atoms with Gasteiger partial charge in [-0.15, -0.1) is 0 Å². The zero-order valence-electron chi connectivity index (χ0n) is 12.3. The first-order valence-corrected chi connectivity index (χ1v) is 6.74. The van der Waals surface area contributed by atoms with Crippen molar-refractivity contribution in [1.29, 1.82) is 0 Å². The van der Waals surface area contributed by atoms with Crippen molar-refractivity contribution in [2.24, 2.45) is 7.05 Å². The fourth-order valence-corrected chi connectivity index (χ4v) is 2.61. The van der Waals surface area contributed by atoms with Crippen LogP contribution in [0.4, 0.5) is 0 Å².